The number of unbranched alkanes of at least 4 members (excludes halogenated alkanes) is 4. The standard InChI is InChI=1S/C17H38O6P2.Na.H/c1-5-9-13-20-24(18,21-14-10-6-2)17-25(19,22-15-11-7-3)23-16-12-8-4;;/h5-17H2,1-4H3;;. The van der Waals surface area contributed by atoms with Crippen LogP contribution in [0.3, 0.4) is 0 Å². The fraction of sp³-hybridized carbons (Fsp3) is 1.00. The molecule has 0 spiro atoms. The van der Waals surface area contributed by atoms with Crippen LogP contribution in [-0.2, 0) is 27.2 Å². The number of hydrogen-bond donors (Lipinski definition) is 0. The molecule has 0 saturated carbocycles. The summed E-state index contributed by atoms with van der Waals surface area (Å²) in [6, 6.07) is 0. The average molecular weight is 424 g/mol. The monoisotopic (exact) mass is 424 g/mol. The van der Waals surface area contributed by atoms with Gasteiger partial charge in [-0.3, -0.25) is 9.13 Å². The summed E-state index contributed by atoms with van der Waals surface area (Å²) in [6.45, 7) is 9.40. The van der Waals surface area contributed by atoms with Crippen LogP contribution in [0.5, 0.6) is 0 Å². The molecule has 0 aliphatic rings. The van der Waals surface area contributed by atoms with Gasteiger partial charge in [-0.05, 0) is 25.7 Å². The van der Waals surface area contributed by atoms with Gasteiger partial charge in [-0.2, -0.15) is 0 Å². The summed E-state index contributed by atoms with van der Waals surface area (Å²) in [7, 11) is -7.02. The van der Waals surface area contributed by atoms with E-state index in [1.54, 1.807) is 0 Å². The first-order chi connectivity index (χ1) is 11.9. The fourth-order valence-corrected chi connectivity index (χ4v) is 6.62. The molecule has 0 aromatic carbocycles. The van der Waals surface area contributed by atoms with Gasteiger partial charge in [-0.15, -0.1) is 0 Å². The summed E-state index contributed by atoms with van der Waals surface area (Å²) in [5.41, 5.74) is 0. The van der Waals surface area contributed by atoms with Crippen LogP contribution in [0, 0.1) is 0 Å². The normalized spacial score (nSPS) is 12.2. The van der Waals surface area contributed by atoms with Crippen LogP contribution in [0.1, 0.15) is 79.1 Å². The molecule has 0 aliphatic heterocycles. The molecule has 26 heavy (non-hydrogen) atoms. The van der Waals surface area contributed by atoms with Gasteiger partial charge in [0.05, 0.1) is 26.4 Å². The van der Waals surface area contributed by atoms with Gasteiger partial charge in [0, 0.05) is 0 Å². The van der Waals surface area contributed by atoms with Crippen molar-refractivity contribution in [1.82, 2.24) is 0 Å². The molecule has 0 heterocycles. The van der Waals surface area contributed by atoms with Crippen LogP contribution in [-0.4, -0.2) is 61.9 Å². The van der Waals surface area contributed by atoms with Crippen LogP contribution in [0.2, 0.25) is 0 Å². The minimum atomic E-state index is -3.51. The van der Waals surface area contributed by atoms with Gasteiger partial charge in [-0.1, -0.05) is 53.4 Å². The Morgan fingerprint density at radius 1 is 0.538 bits per heavy atom. The van der Waals surface area contributed by atoms with E-state index in [9.17, 15) is 9.13 Å². The van der Waals surface area contributed by atoms with Crippen molar-refractivity contribution in [3.05, 3.63) is 0 Å². The molecule has 0 unspecified atom stereocenters. The van der Waals surface area contributed by atoms with E-state index in [-0.39, 0.29) is 35.5 Å². The van der Waals surface area contributed by atoms with E-state index in [0.29, 0.717) is 26.4 Å². The number of rotatable bonds is 18. The van der Waals surface area contributed by atoms with Crippen molar-refractivity contribution in [2.75, 3.05) is 32.3 Å². The van der Waals surface area contributed by atoms with Crippen molar-refractivity contribution in [3.8, 4) is 0 Å². The Morgan fingerprint density at radius 2 is 0.769 bits per heavy atom. The van der Waals surface area contributed by atoms with Gasteiger partial charge >= 0.3 is 44.7 Å². The van der Waals surface area contributed by atoms with Gasteiger partial charge in [0.2, 0.25) is 0 Å². The molecule has 0 aromatic heterocycles. The van der Waals surface area contributed by atoms with Crippen molar-refractivity contribution < 1.29 is 27.2 Å². The Labute approximate surface area is 182 Å². The molecule has 0 amide bonds. The Hall–Kier alpha value is 1.30. The predicted octanol–water partition coefficient (Wildman–Crippen LogP) is 5.95. The van der Waals surface area contributed by atoms with Crippen molar-refractivity contribution >= 4 is 44.7 Å². The van der Waals surface area contributed by atoms with Gasteiger partial charge in [0.15, 0.2) is 5.90 Å². The van der Waals surface area contributed by atoms with Crippen LogP contribution in [0.4, 0.5) is 0 Å². The maximum atomic E-state index is 13.1. The molecule has 6 nitrogen and oxygen atoms in total. The van der Waals surface area contributed by atoms with Crippen molar-refractivity contribution in [2.45, 2.75) is 79.1 Å². The summed E-state index contributed by atoms with van der Waals surface area (Å²) < 4.78 is 48.2. The summed E-state index contributed by atoms with van der Waals surface area (Å²) in [6.07, 6.45) is 6.80. The second kappa shape index (κ2) is 18.3. The molecule has 0 aromatic rings. The third-order valence-corrected chi connectivity index (χ3v) is 8.57. The molecule has 0 fully saturated rings. The topological polar surface area (TPSA) is 71.1 Å². The van der Waals surface area contributed by atoms with E-state index in [4.69, 9.17) is 18.1 Å². The van der Waals surface area contributed by atoms with E-state index in [1.165, 1.54) is 0 Å². The molecule has 0 bridgehead atoms. The van der Waals surface area contributed by atoms with E-state index in [2.05, 4.69) is 0 Å². The zero-order valence-electron chi connectivity index (χ0n) is 16.5. The van der Waals surface area contributed by atoms with Gasteiger partial charge in [-0.25, -0.2) is 0 Å². The minimum absolute atomic E-state index is 0. The SMILES string of the molecule is CCCCOP(=O)(CP(=O)(OCCCC)OCCCC)OCCCC.[NaH]. The molecule has 0 radical (unpaired) electrons. The summed E-state index contributed by atoms with van der Waals surface area (Å²) in [4.78, 5) is 0. The molecule has 9 heteroatoms. The van der Waals surface area contributed by atoms with Gasteiger partial charge in [0.25, 0.3) is 0 Å². The third kappa shape index (κ3) is 15.2. The fourth-order valence-electron chi connectivity index (χ4n) is 1.84. The molecule has 154 valence electrons. The van der Waals surface area contributed by atoms with Crippen molar-refractivity contribution in [1.29, 1.82) is 0 Å². The second-order valence-electron chi connectivity index (χ2n) is 6.11. The van der Waals surface area contributed by atoms with Gasteiger partial charge in [0.1, 0.15) is 0 Å². The molecular weight excluding hydrogens is 385 g/mol. The molecular formula is C17H39NaO6P2. The third-order valence-electron chi connectivity index (χ3n) is 3.49. The Balaban J connectivity index is 0. The maximum absolute atomic E-state index is 13.1. The first kappa shape index (κ1) is 29.5. The Bertz CT molecular complexity index is 345. The van der Waals surface area contributed by atoms with Crippen LogP contribution >= 0.6 is 15.2 Å². The quantitative estimate of drug-likeness (QED) is 0.154. The van der Waals surface area contributed by atoms with Crippen LogP contribution in [0.15, 0.2) is 0 Å². The van der Waals surface area contributed by atoms with E-state index in [0.717, 1.165) is 51.4 Å². The van der Waals surface area contributed by atoms with Crippen LogP contribution in [0.25, 0.3) is 0 Å². The molecule has 0 atom stereocenters. The first-order valence-electron chi connectivity index (χ1n) is 9.71. The second-order valence-corrected chi connectivity index (χ2v) is 10.7. The number of hydrogen-bond acceptors (Lipinski definition) is 6. The summed E-state index contributed by atoms with van der Waals surface area (Å²) in [5.74, 6) is -0.305. The van der Waals surface area contributed by atoms with Crippen molar-refractivity contribution in [3.63, 3.8) is 0 Å². The van der Waals surface area contributed by atoms with E-state index < -0.39 is 15.2 Å². The zero-order valence-corrected chi connectivity index (χ0v) is 18.3. The first-order valence-corrected chi connectivity index (χ1v) is 13.2. The Morgan fingerprint density at radius 3 is 0.962 bits per heavy atom. The van der Waals surface area contributed by atoms with E-state index in [1.807, 2.05) is 27.7 Å². The molecule has 0 saturated heterocycles. The summed E-state index contributed by atoms with van der Waals surface area (Å²) >= 11 is 0. The van der Waals surface area contributed by atoms with Crippen molar-refractivity contribution in [2.24, 2.45) is 0 Å². The van der Waals surface area contributed by atoms with E-state index >= 15 is 0 Å². The molecule has 0 rings (SSSR count). The molecule has 0 aliphatic carbocycles. The Kier molecular flexibility index (Phi) is 20.8. The summed E-state index contributed by atoms with van der Waals surface area (Å²) in [5, 5.41) is 0. The average Bonchev–Trinajstić information content (AvgIpc) is 2.56. The van der Waals surface area contributed by atoms with Crippen LogP contribution < -0.4 is 0 Å². The van der Waals surface area contributed by atoms with Gasteiger partial charge < -0.3 is 18.1 Å². The zero-order chi connectivity index (χ0) is 19.0. The predicted molar refractivity (Wildman–Crippen MR) is 111 cm³/mol. The molecule has 0 N–H and O–H groups in total.